The minimum atomic E-state index is 0.0221. The molecule has 0 radical (unpaired) electrons. The number of carbonyl (C=O) groups is 2. The Labute approximate surface area is 108 Å². The lowest BCUT2D eigenvalue weighted by Crippen LogP contribution is -2.52. The molecular weight excluding hydrogens is 230 g/mol. The van der Waals surface area contributed by atoms with Crippen LogP contribution in [0.15, 0.2) is 0 Å². The predicted molar refractivity (Wildman–Crippen MR) is 69.2 cm³/mol. The van der Waals surface area contributed by atoms with Crippen molar-refractivity contribution >= 4 is 11.9 Å². The van der Waals surface area contributed by atoms with Gasteiger partial charge < -0.3 is 15.1 Å². The Bertz CT molecular complexity index is 319. The molecule has 2 saturated heterocycles. The van der Waals surface area contributed by atoms with E-state index in [0.717, 1.165) is 45.3 Å². The highest BCUT2D eigenvalue weighted by Gasteiger charge is 2.30. The van der Waals surface area contributed by atoms with Crippen LogP contribution in [0, 0.1) is 0 Å². The van der Waals surface area contributed by atoms with Crippen LogP contribution in [0.5, 0.6) is 0 Å². The summed E-state index contributed by atoms with van der Waals surface area (Å²) >= 11 is 0. The van der Waals surface area contributed by atoms with E-state index in [4.69, 9.17) is 0 Å². The average molecular weight is 253 g/mol. The number of urea groups is 1. The zero-order valence-corrected chi connectivity index (χ0v) is 11.2. The summed E-state index contributed by atoms with van der Waals surface area (Å²) in [4.78, 5) is 27.5. The largest absolute Gasteiger partial charge is 0.341 e. The van der Waals surface area contributed by atoms with Crippen LogP contribution in [0.25, 0.3) is 0 Å². The molecule has 1 N–H and O–H groups in total. The Morgan fingerprint density at radius 1 is 1.33 bits per heavy atom. The van der Waals surface area contributed by atoms with Crippen molar-refractivity contribution in [2.45, 2.75) is 45.1 Å². The molecule has 0 aromatic heterocycles. The van der Waals surface area contributed by atoms with E-state index in [9.17, 15) is 9.59 Å². The third-order valence-electron chi connectivity index (χ3n) is 3.82. The highest BCUT2D eigenvalue weighted by molar-refractivity contribution is 5.78. The first-order valence-electron chi connectivity index (χ1n) is 7.04. The van der Waals surface area contributed by atoms with Gasteiger partial charge in [0.1, 0.15) is 0 Å². The first-order valence-corrected chi connectivity index (χ1v) is 7.04. The Balaban J connectivity index is 1.94. The van der Waals surface area contributed by atoms with E-state index >= 15 is 0 Å². The molecule has 3 amide bonds. The van der Waals surface area contributed by atoms with E-state index in [0.29, 0.717) is 13.0 Å². The number of carbonyl (C=O) groups excluding carboxylic acids is 2. The second-order valence-electron chi connectivity index (χ2n) is 5.12. The lowest BCUT2D eigenvalue weighted by atomic mass is 10.0. The number of nitrogens with one attached hydrogen (secondary N) is 1. The van der Waals surface area contributed by atoms with Crippen molar-refractivity contribution in [1.29, 1.82) is 0 Å². The Kier molecular flexibility index (Phi) is 4.44. The summed E-state index contributed by atoms with van der Waals surface area (Å²) in [5.74, 6) is 0.247. The summed E-state index contributed by atoms with van der Waals surface area (Å²) in [5, 5.41) is 2.86. The Morgan fingerprint density at radius 3 is 2.83 bits per heavy atom. The average Bonchev–Trinajstić information content (AvgIpc) is 2.76. The van der Waals surface area contributed by atoms with E-state index in [1.807, 2.05) is 16.7 Å². The Hall–Kier alpha value is -1.26. The fourth-order valence-electron chi connectivity index (χ4n) is 2.86. The molecule has 0 spiro atoms. The molecule has 2 fully saturated rings. The maximum Gasteiger partial charge on any atom is 0.317 e. The van der Waals surface area contributed by atoms with Crippen LogP contribution in [0.4, 0.5) is 4.79 Å². The van der Waals surface area contributed by atoms with Crippen molar-refractivity contribution in [2.75, 3.05) is 26.2 Å². The SMILES string of the molecule is CCNC(=O)N1CCCC[C@H]1CN1CCCC1=O. The number of nitrogens with zero attached hydrogens (tertiary/aromatic N) is 2. The summed E-state index contributed by atoms with van der Waals surface area (Å²) < 4.78 is 0. The normalized spacial score (nSPS) is 24.5. The third kappa shape index (κ3) is 2.94. The van der Waals surface area contributed by atoms with Gasteiger partial charge in [-0.2, -0.15) is 0 Å². The standard InChI is InChI=1S/C13H23N3O2/c1-2-14-13(18)16-9-4-3-6-11(16)10-15-8-5-7-12(15)17/h11H,2-10H2,1H3,(H,14,18)/t11-/m0/s1. The lowest BCUT2D eigenvalue weighted by molar-refractivity contribution is -0.128. The van der Waals surface area contributed by atoms with Crippen LogP contribution in [0.1, 0.15) is 39.0 Å². The molecular formula is C13H23N3O2. The van der Waals surface area contributed by atoms with Gasteiger partial charge in [0.05, 0.1) is 6.04 Å². The summed E-state index contributed by atoms with van der Waals surface area (Å²) in [7, 11) is 0. The zero-order valence-electron chi connectivity index (χ0n) is 11.2. The van der Waals surface area contributed by atoms with Gasteiger partial charge in [0, 0.05) is 32.6 Å². The fraction of sp³-hybridized carbons (Fsp3) is 0.846. The van der Waals surface area contributed by atoms with E-state index in [1.165, 1.54) is 0 Å². The van der Waals surface area contributed by atoms with Gasteiger partial charge in [-0.15, -0.1) is 0 Å². The third-order valence-corrected chi connectivity index (χ3v) is 3.82. The van der Waals surface area contributed by atoms with E-state index in [-0.39, 0.29) is 18.0 Å². The molecule has 5 nitrogen and oxygen atoms in total. The van der Waals surface area contributed by atoms with Gasteiger partial charge in [-0.1, -0.05) is 0 Å². The zero-order chi connectivity index (χ0) is 13.0. The van der Waals surface area contributed by atoms with E-state index < -0.39 is 0 Å². The molecule has 0 bridgehead atoms. The van der Waals surface area contributed by atoms with Gasteiger partial charge >= 0.3 is 6.03 Å². The number of amides is 3. The van der Waals surface area contributed by atoms with E-state index in [2.05, 4.69) is 5.32 Å². The van der Waals surface area contributed by atoms with Crippen LogP contribution < -0.4 is 5.32 Å². The van der Waals surface area contributed by atoms with Crippen molar-refractivity contribution in [1.82, 2.24) is 15.1 Å². The molecule has 0 aromatic rings. The molecule has 2 aliphatic rings. The van der Waals surface area contributed by atoms with Crippen LogP contribution in [-0.2, 0) is 4.79 Å². The maximum absolute atomic E-state index is 12.0. The van der Waals surface area contributed by atoms with Crippen LogP contribution in [0.2, 0.25) is 0 Å². The van der Waals surface area contributed by atoms with Crippen molar-refractivity contribution < 1.29 is 9.59 Å². The lowest BCUT2D eigenvalue weighted by Gasteiger charge is -2.37. The van der Waals surface area contributed by atoms with Crippen molar-refractivity contribution in [3.8, 4) is 0 Å². The second kappa shape index (κ2) is 6.07. The molecule has 5 heteroatoms. The minimum Gasteiger partial charge on any atom is -0.341 e. The molecule has 2 heterocycles. The molecule has 0 unspecified atom stereocenters. The first kappa shape index (κ1) is 13.2. The predicted octanol–water partition coefficient (Wildman–Crippen LogP) is 1.19. The van der Waals surface area contributed by atoms with Crippen molar-refractivity contribution in [3.63, 3.8) is 0 Å². The molecule has 1 atom stereocenters. The highest BCUT2D eigenvalue weighted by Crippen LogP contribution is 2.20. The molecule has 0 aromatic carbocycles. The minimum absolute atomic E-state index is 0.0221. The molecule has 0 aliphatic carbocycles. The summed E-state index contributed by atoms with van der Waals surface area (Å²) in [6.45, 7) is 4.98. The molecule has 18 heavy (non-hydrogen) atoms. The van der Waals surface area contributed by atoms with Gasteiger partial charge in [-0.05, 0) is 32.6 Å². The topological polar surface area (TPSA) is 52.7 Å². The number of hydrogen-bond donors (Lipinski definition) is 1. The van der Waals surface area contributed by atoms with Crippen molar-refractivity contribution in [3.05, 3.63) is 0 Å². The van der Waals surface area contributed by atoms with Gasteiger partial charge in [0.25, 0.3) is 0 Å². The number of hydrogen-bond acceptors (Lipinski definition) is 2. The van der Waals surface area contributed by atoms with Crippen LogP contribution in [-0.4, -0.2) is 54.0 Å². The molecule has 102 valence electrons. The number of rotatable bonds is 3. The second-order valence-corrected chi connectivity index (χ2v) is 5.12. The molecule has 2 rings (SSSR count). The highest BCUT2D eigenvalue weighted by atomic mass is 16.2. The fourth-order valence-corrected chi connectivity index (χ4v) is 2.86. The van der Waals surface area contributed by atoms with Gasteiger partial charge in [-0.25, -0.2) is 4.79 Å². The van der Waals surface area contributed by atoms with Gasteiger partial charge in [-0.3, -0.25) is 4.79 Å². The molecule has 2 aliphatic heterocycles. The van der Waals surface area contributed by atoms with Crippen LogP contribution >= 0.6 is 0 Å². The monoisotopic (exact) mass is 253 g/mol. The van der Waals surface area contributed by atoms with Crippen molar-refractivity contribution in [2.24, 2.45) is 0 Å². The van der Waals surface area contributed by atoms with E-state index in [1.54, 1.807) is 0 Å². The summed E-state index contributed by atoms with van der Waals surface area (Å²) in [6.07, 6.45) is 4.88. The molecule has 0 saturated carbocycles. The smallest absolute Gasteiger partial charge is 0.317 e. The summed E-state index contributed by atoms with van der Waals surface area (Å²) in [5.41, 5.74) is 0. The van der Waals surface area contributed by atoms with Gasteiger partial charge in [0.15, 0.2) is 0 Å². The van der Waals surface area contributed by atoms with Crippen LogP contribution in [0.3, 0.4) is 0 Å². The summed E-state index contributed by atoms with van der Waals surface area (Å²) in [6, 6.07) is 0.223. The maximum atomic E-state index is 12.0. The Morgan fingerprint density at radius 2 is 2.17 bits per heavy atom. The number of likely N-dealkylation sites (tertiary alicyclic amines) is 2. The number of piperidine rings is 1. The van der Waals surface area contributed by atoms with Gasteiger partial charge in [0.2, 0.25) is 5.91 Å². The quantitative estimate of drug-likeness (QED) is 0.821. The first-order chi connectivity index (χ1) is 8.72.